The number of rotatable bonds is 10. The van der Waals surface area contributed by atoms with Crippen LogP contribution in [0.5, 0.6) is 0 Å². The Morgan fingerprint density at radius 2 is 1.68 bits per heavy atom. The molecule has 0 spiro atoms. The fourth-order valence-electron chi connectivity index (χ4n) is 3.12. The van der Waals surface area contributed by atoms with E-state index >= 15 is 0 Å². The highest BCUT2D eigenvalue weighted by atomic mass is 79.9. The van der Waals surface area contributed by atoms with Crippen molar-refractivity contribution in [3.8, 4) is 0 Å². The average molecular weight is 501 g/mol. The van der Waals surface area contributed by atoms with Gasteiger partial charge in [-0.3, -0.25) is 9.59 Å². The third-order valence-electron chi connectivity index (χ3n) is 4.77. The Hall–Kier alpha value is -2.48. The number of benzene rings is 2. The van der Waals surface area contributed by atoms with Gasteiger partial charge in [0.25, 0.3) is 5.91 Å². The Balaban J connectivity index is 1.77. The van der Waals surface area contributed by atoms with Crippen molar-refractivity contribution in [3.63, 3.8) is 0 Å². The SMILES string of the molecule is COCCN(CC(=O)N(Cc1ccccc1)Cc1cccs1)C(=O)c1ccc(Br)cc1. The van der Waals surface area contributed by atoms with Gasteiger partial charge in [-0.25, -0.2) is 0 Å². The van der Waals surface area contributed by atoms with Crippen molar-refractivity contribution >= 4 is 39.1 Å². The number of carbonyl (C=O) groups is 2. The Labute approximate surface area is 195 Å². The zero-order chi connectivity index (χ0) is 22.1. The van der Waals surface area contributed by atoms with Crippen LogP contribution in [0.15, 0.2) is 76.6 Å². The molecule has 0 N–H and O–H groups in total. The van der Waals surface area contributed by atoms with E-state index in [4.69, 9.17) is 4.74 Å². The van der Waals surface area contributed by atoms with Crippen LogP contribution in [0.2, 0.25) is 0 Å². The molecule has 7 heteroatoms. The Bertz CT molecular complexity index is 962. The lowest BCUT2D eigenvalue weighted by Gasteiger charge is -2.27. The molecule has 1 aromatic heterocycles. The molecule has 2 aromatic carbocycles. The van der Waals surface area contributed by atoms with Crippen molar-refractivity contribution in [1.82, 2.24) is 9.80 Å². The summed E-state index contributed by atoms with van der Waals surface area (Å²) < 4.78 is 6.07. The number of thiophene rings is 1. The lowest BCUT2D eigenvalue weighted by atomic mass is 10.2. The van der Waals surface area contributed by atoms with Gasteiger partial charge in [0.1, 0.15) is 6.54 Å². The van der Waals surface area contributed by atoms with Gasteiger partial charge in [-0.15, -0.1) is 11.3 Å². The highest BCUT2D eigenvalue weighted by molar-refractivity contribution is 9.10. The van der Waals surface area contributed by atoms with Crippen LogP contribution in [0.25, 0.3) is 0 Å². The molecule has 0 radical (unpaired) electrons. The minimum atomic E-state index is -0.186. The smallest absolute Gasteiger partial charge is 0.254 e. The van der Waals surface area contributed by atoms with E-state index in [9.17, 15) is 9.59 Å². The summed E-state index contributed by atoms with van der Waals surface area (Å²) in [5.41, 5.74) is 1.59. The summed E-state index contributed by atoms with van der Waals surface area (Å²) in [6.07, 6.45) is 0. The monoisotopic (exact) mass is 500 g/mol. The molecule has 0 atom stereocenters. The van der Waals surface area contributed by atoms with Crippen LogP contribution >= 0.6 is 27.3 Å². The number of nitrogens with zero attached hydrogens (tertiary/aromatic N) is 2. The van der Waals surface area contributed by atoms with E-state index in [-0.39, 0.29) is 18.4 Å². The predicted molar refractivity (Wildman–Crippen MR) is 127 cm³/mol. The molecule has 1 heterocycles. The maximum Gasteiger partial charge on any atom is 0.254 e. The molecule has 31 heavy (non-hydrogen) atoms. The number of halogens is 1. The number of ether oxygens (including phenoxy) is 1. The van der Waals surface area contributed by atoms with Crippen LogP contribution in [0, 0.1) is 0 Å². The third kappa shape index (κ3) is 7.02. The number of methoxy groups -OCH3 is 1. The van der Waals surface area contributed by atoms with Crippen LogP contribution in [-0.4, -0.2) is 48.4 Å². The number of amides is 2. The molecule has 0 aliphatic rings. The summed E-state index contributed by atoms with van der Waals surface area (Å²) >= 11 is 5.01. The Morgan fingerprint density at radius 3 is 2.32 bits per heavy atom. The first-order valence-corrected chi connectivity index (χ1v) is 11.6. The van der Waals surface area contributed by atoms with Gasteiger partial charge in [-0.1, -0.05) is 52.3 Å². The van der Waals surface area contributed by atoms with Crippen molar-refractivity contribution in [2.24, 2.45) is 0 Å². The summed E-state index contributed by atoms with van der Waals surface area (Å²) in [5, 5.41) is 2.00. The first-order valence-electron chi connectivity index (χ1n) is 9.94. The van der Waals surface area contributed by atoms with Crippen molar-refractivity contribution in [2.75, 3.05) is 26.8 Å². The minimum absolute atomic E-state index is 0.00351. The number of carbonyl (C=O) groups excluding carboxylic acids is 2. The van der Waals surface area contributed by atoms with Gasteiger partial charge in [-0.05, 0) is 41.3 Å². The molecule has 5 nitrogen and oxygen atoms in total. The fraction of sp³-hybridized carbons (Fsp3) is 0.250. The number of hydrogen-bond acceptors (Lipinski definition) is 4. The zero-order valence-electron chi connectivity index (χ0n) is 17.4. The Morgan fingerprint density at radius 1 is 0.935 bits per heavy atom. The molecule has 0 aliphatic heterocycles. The van der Waals surface area contributed by atoms with Crippen LogP contribution in [0.4, 0.5) is 0 Å². The van der Waals surface area contributed by atoms with E-state index in [0.29, 0.717) is 31.8 Å². The van der Waals surface area contributed by atoms with Gasteiger partial charge in [-0.2, -0.15) is 0 Å². The standard InChI is InChI=1S/C24H25BrN2O3S/c1-30-14-13-26(24(29)20-9-11-21(25)12-10-20)18-23(28)27(17-22-8-5-15-31-22)16-19-6-3-2-4-7-19/h2-12,15H,13-14,16-18H2,1H3. The van der Waals surface area contributed by atoms with E-state index < -0.39 is 0 Å². The van der Waals surface area contributed by atoms with Crippen LogP contribution in [-0.2, 0) is 22.6 Å². The van der Waals surface area contributed by atoms with Gasteiger partial charge in [0.05, 0.1) is 13.2 Å². The molecule has 0 saturated heterocycles. The van der Waals surface area contributed by atoms with Gasteiger partial charge in [0.15, 0.2) is 0 Å². The van der Waals surface area contributed by atoms with E-state index in [0.717, 1.165) is 14.9 Å². The summed E-state index contributed by atoms with van der Waals surface area (Å²) in [6.45, 7) is 1.70. The maximum atomic E-state index is 13.3. The van der Waals surface area contributed by atoms with Crippen molar-refractivity contribution in [3.05, 3.63) is 92.6 Å². The predicted octanol–water partition coefficient (Wildman–Crippen LogP) is 4.83. The third-order valence-corrected chi connectivity index (χ3v) is 6.16. The molecule has 2 amide bonds. The molecule has 3 aromatic rings. The normalized spacial score (nSPS) is 10.6. The van der Waals surface area contributed by atoms with E-state index in [2.05, 4.69) is 15.9 Å². The molecule has 0 unspecified atom stereocenters. The molecular weight excluding hydrogens is 476 g/mol. The van der Waals surface area contributed by atoms with Crippen LogP contribution < -0.4 is 0 Å². The summed E-state index contributed by atoms with van der Waals surface area (Å²) in [6, 6.07) is 21.0. The highest BCUT2D eigenvalue weighted by Gasteiger charge is 2.23. The summed E-state index contributed by atoms with van der Waals surface area (Å²) in [4.78, 5) is 30.9. The summed E-state index contributed by atoms with van der Waals surface area (Å²) in [5.74, 6) is -0.285. The zero-order valence-corrected chi connectivity index (χ0v) is 19.8. The quantitative estimate of drug-likeness (QED) is 0.400. The maximum absolute atomic E-state index is 13.3. The van der Waals surface area contributed by atoms with E-state index in [1.807, 2.05) is 60.0 Å². The van der Waals surface area contributed by atoms with E-state index in [1.54, 1.807) is 40.4 Å². The second-order valence-corrected chi connectivity index (χ2v) is 8.99. The summed E-state index contributed by atoms with van der Waals surface area (Å²) in [7, 11) is 1.59. The fourth-order valence-corrected chi connectivity index (χ4v) is 4.10. The van der Waals surface area contributed by atoms with Gasteiger partial charge < -0.3 is 14.5 Å². The first kappa shape index (κ1) is 23.2. The van der Waals surface area contributed by atoms with Crippen LogP contribution in [0.3, 0.4) is 0 Å². The van der Waals surface area contributed by atoms with E-state index in [1.165, 1.54) is 0 Å². The van der Waals surface area contributed by atoms with Crippen molar-refractivity contribution in [2.45, 2.75) is 13.1 Å². The minimum Gasteiger partial charge on any atom is -0.383 e. The van der Waals surface area contributed by atoms with Gasteiger partial charge >= 0.3 is 0 Å². The van der Waals surface area contributed by atoms with Gasteiger partial charge in [0.2, 0.25) is 5.91 Å². The second kappa shape index (κ2) is 11.8. The molecule has 162 valence electrons. The number of hydrogen-bond donors (Lipinski definition) is 0. The molecule has 0 bridgehead atoms. The average Bonchev–Trinajstić information content (AvgIpc) is 3.30. The topological polar surface area (TPSA) is 49.9 Å². The molecule has 0 saturated carbocycles. The molecule has 3 rings (SSSR count). The highest BCUT2D eigenvalue weighted by Crippen LogP contribution is 2.16. The molecule has 0 fully saturated rings. The first-order chi connectivity index (χ1) is 15.1. The second-order valence-electron chi connectivity index (χ2n) is 7.04. The van der Waals surface area contributed by atoms with Crippen molar-refractivity contribution < 1.29 is 14.3 Å². The lowest BCUT2D eigenvalue weighted by molar-refractivity contribution is -0.133. The van der Waals surface area contributed by atoms with Crippen molar-refractivity contribution in [1.29, 1.82) is 0 Å². The molecular formula is C24H25BrN2O3S. The van der Waals surface area contributed by atoms with Gasteiger partial charge in [0, 0.05) is 35.1 Å². The lowest BCUT2D eigenvalue weighted by Crippen LogP contribution is -2.43. The molecule has 0 aliphatic carbocycles. The van der Waals surface area contributed by atoms with Crippen LogP contribution in [0.1, 0.15) is 20.8 Å². The largest absolute Gasteiger partial charge is 0.383 e. The Kier molecular flexibility index (Phi) is 8.82.